The van der Waals surface area contributed by atoms with Gasteiger partial charge in [-0.25, -0.2) is 0 Å². The van der Waals surface area contributed by atoms with E-state index in [1.807, 2.05) is 19.2 Å². The van der Waals surface area contributed by atoms with Crippen molar-refractivity contribution in [1.29, 1.82) is 5.26 Å². The fraction of sp³-hybridized carbons (Fsp3) is 0.484. The van der Waals surface area contributed by atoms with Crippen molar-refractivity contribution >= 4 is 11.6 Å². The number of nitrogens with one attached hydrogen (secondary N) is 1. The summed E-state index contributed by atoms with van der Waals surface area (Å²) in [6.45, 7) is 2.18. The van der Waals surface area contributed by atoms with Gasteiger partial charge in [0.15, 0.2) is 5.82 Å². The number of nitrogens with zero attached hydrogens (tertiary/aromatic N) is 5. The molecule has 6 rings (SSSR count). The van der Waals surface area contributed by atoms with E-state index in [-0.39, 0.29) is 29.8 Å². The molecule has 2 saturated carbocycles. The molecule has 2 heterocycles. The van der Waals surface area contributed by atoms with Gasteiger partial charge in [0.1, 0.15) is 6.33 Å². The Morgan fingerprint density at radius 2 is 1.98 bits per heavy atom. The van der Waals surface area contributed by atoms with E-state index < -0.39 is 17.6 Å². The summed E-state index contributed by atoms with van der Waals surface area (Å²) < 4.78 is 44.8. The first-order valence-electron chi connectivity index (χ1n) is 14.2. The first kappa shape index (κ1) is 27.5. The van der Waals surface area contributed by atoms with Crippen LogP contribution in [-0.4, -0.2) is 26.2 Å². The van der Waals surface area contributed by atoms with Gasteiger partial charge in [-0.1, -0.05) is 12.1 Å². The van der Waals surface area contributed by atoms with Crippen molar-refractivity contribution in [2.75, 3.05) is 4.90 Å². The Kier molecular flexibility index (Phi) is 6.89. The minimum absolute atomic E-state index is 0.00811. The molecule has 0 radical (unpaired) electrons. The minimum atomic E-state index is -4.59. The van der Waals surface area contributed by atoms with Crippen molar-refractivity contribution in [3.63, 3.8) is 0 Å². The van der Waals surface area contributed by atoms with Crippen LogP contribution in [0, 0.1) is 23.2 Å². The first-order valence-corrected chi connectivity index (χ1v) is 14.2. The lowest BCUT2D eigenvalue weighted by Gasteiger charge is -2.39. The van der Waals surface area contributed by atoms with Crippen LogP contribution in [0.25, 0.3) is 11.4 Å². The van der Waals surface area contributed by atoms with Gasteiger partial charge in [0.05, 0.1) is 23.9 Å². The smallest absolute Gasteiger partial charge is 0.317 e. The van der Waals surface area contributed by atoms with E-state index in [2.05, 4.69) is 28.5 Å². The number of carbonyl (C=O) groups excluding carboxylic acids is 1. The van der Waals surface area contributed by atoms with Crippen molar-refractivity contribution in [2.24, 2.45) is 18.9 Å². The number of amides is 1. The number of benzene rings is 2. The van der Waals surface area contributed by atoms with E-state index in [0.717, 1.165) is 44.1 Å². The summed E-state index contributed by atoms with van der Waals surface area (Å²) in [6, 6.07) is 10.7. The summed E-state index contributed by atoms with van der Waals surface area (Å²) in [5.74, 6) is 0.909. The third-order valence-electron chi connectivity index (χ3n) is 9.16. The van der Waals surface area contributed by atoms with Crippen LogP contribution in [0.15, 0.2) is 36.7 Å². The molecule has 41 heavy (non-hydrogen) atoms. The van der Waals surface area contributed by atoms with Crippen LogP contribution in [0.4, 0.5) is 18.9 Å². The van der Waals surface area contributed by atoms with Crippen LogP contribution in [-0.2, 0) is 32.7 Å². The second-order valence-electron chi connectivity index (χ2n) is 12.2. The van der Waals surface area contributed by atoms with E-state index in [4.69, 9.17) is 5.26 Å². The molecule has 3 aliphatic rings. The molecule has 10 heteroatoms. The molecule has 3 aromatic rings. The second kappa shape index (κ2) is 10.3. The number of hydrogen-bond donors (Lipinski definition) is 1. The van der Waals surface area contributed by atoms with Crippen LogP contribution in [0.3, 0.4) is 0 Å². The number of hydrogen-bond acceptors (Lipinski definition) is 5. The monoisotopic (exact) mass is 562 g/mol. The van der Waals surface area contributed by atoms with Crippen molar-refractivity contribution in [1.82, 2.24) is 20.1 Å². The summed E-state index contributed by atoms with van der Waals surface area (Å²) in [5.41, 5.74) is 1.95. The molecular weight excluding hydrogens is 529 g/mol. The molecule has 2 fully saturated rings. The van der Waals surface area contributed by atoms with Crippen LogP contribution in [0.5, 0.6) is 0 Å². The highest BCUT2D eigenvalue weighted by atomic mass is 19.4. The van der Waals surface area contributed by atoms with E-state index >= 15 is 0 Å². The maximum atomic E-state index is 14.3. The summed E-state index contributed by atoms with van der Waals surface area (Å²) >= 11 is 0. The van der Waals surface area contributed by atoms with Crippen LogP contribution >= 0.6 is 0 Å². The second-order valence-corrected chi connectivity index (χ2v) is 12.2. The van der Waals surface area contributed by atoms with Gasteiger partial charge < -0.3 is 14.8 Å². The lowest BCUT2D eigenvalue weighted by Crippen LogP contribution is -2.47. The van der Waals surface area contributed by atoms with Crippen molar-refractivity contribution in [3.05, 3.63) is 64.5 Å². The fourth-order valence-corrected chi connectivity index (χ4v) is 6.61. The summed E-state index contributed by atoms with van der Waals surface area (Å²) in [6.07, 6.45) is 3.24. The van der Waals surface area contributed by atoms with Gasteiger partial charge >= 0.3 is 6.18 Å². The van der Waals surface area contributed by atoms with Gasteiger partial charge in [-0.3, -0.25) is 4.79 Å². The SMILES string of the molecule is Cn1cnnc1-c1c(CC2CC(CC#N)C2)cccc1N1Cc2c(cc(CNC3(C)CCC3)cc2C(F)(F)F)C1=O. The highest BCUT2D eigenvalue weighted by Gasteiger charge is 2.42. The molecular formula is C31H33F3N6O. The topological polar surface area (TPSA) is 86.8 Å². The zero-order valence-electron chi connectivity index (χ0n) is 23.3. The Hall–Kier alpha value is -3.71. The molecule has 0 atom stereocenters. The average molecular weight is 563 g/mol. The number of fused-ring (bicyclic) bond motifs is 1. The molecule has 2 aliphatic carbocycles. The maximum absolute atomic E-state index is 14.3. The van der Waals surface area contributed by atoms with Gasteiger partial charge in [0.25, 0.3) is 5.91 Å². The largest absolute Gasteiger partial charge is 0.416 e. The zero-order chi connectivity index (χ0) is 28.9. The summed E-state index contributed by atoms with van der Waals surface area (Å²) in [4.78, 5) is 15.3. The van der Waals surface area contributed by atoms with Crippen LogP contribution in [0.2, 0.25) is 0 Å². The number of nitriles is 1. The number of halogens is 3. The fourth-order valence-electron chi connectivity index (χ4n) is 6.61. The lowest BCUT2D eigenvalue weighted by molar-refractivity contribution is -0.138. The van der Waals surface area contributed by atoms with E-state index in [0.29, 0.717) is 40.9 Å². The predicted octanol–water partition coefficient (Wildman–Crippen LogP) is 6.18. The third-order valence-corrected chi connectivity index (χ3v) is 9.16. The first-order chi connectivity index (χ1) is 19.6. The third kappa shape index (κ3) is 5.12. The minimum Gasteiger partial charge on any atom is -0.317 e. The van der Waals surface area contributed by atoms with Crippen molar-refractivity contribution in [2.45, 2.75) is 76.7 Å². The Morgan fingerprint density at radius 3 is 2.61 bits per heavy atom. The van der Waals surface area contributed by atoms with Gasteiger partial charge in [0, 0.05) is 36.7 Å². The molecule has 0 spiro atoms. The Bertz CT molecular complexity index is 1530. The number of rotatable bonds is 8. The average Bonchev–Trinajstić information content (AvgIpc) is 3.46. The standard InChI is InChI=1S/C31H33F3N6O/c1-30(8-4-9-30)36-16-21-14-23-24(25(15-21)31(32,33)34)17-40(29(23)41)26-6-3-5-22(13-20-11-19(12-20)7-10-35)27(26)28-38-37-18-39(28)2/h3,5-6,14-15,18-20,36H,4,7-9,11-13,16-17H2,1-2H3. The highest BCUT2D eigenvalue weighted by molar-refractivity contribution is 6.12. The number of aryl methyl sites for hydroxylation is 1. The molecule has 0 unspecified atom stereocenters. The van der Waals surface area contributed by atoms with Gasteiger partial charge in [-0.2, -0.15) is 18.4 Å². The predicted molar refractivity (Wildman–Crippen MR) is 148 cm³/mol. The highest BCUT2D eigenvalue weighted by Crippen LogP contribution is 2.45. The van der Waals surface area contributed by atoms with Gasteiger partial charge in [0.2, 0.25) is 0 Å². The van der Waals surface area contributed by atoms with Gasteiger partial charge in [-0.15, -0.1) is 10.2 Å². The molecule has 2 aromatic carbocycles. The summed E-state index contributed by atoms with van der Waals surface area (Å²) in [7, 11) is 1.81. The lowest BCUT2D eigenvalue weighted by atomic mass is 9.70. The molecule has 7 nitrogen and oxygen atoms in total. The molecule has 1 amide bonds. The molecule has 214 valence electrons. The Balaban J connectivity index is 1.37. The van der Waals surface area contributed by atoms with Crippen LogP contribution in [0.1, 0.15) is 78.1 Å². The number of anilines is 1. The molecule has 1 N–H and O–H groups in total. The molecule has 0 saturated heterocycles. The van der Waals surface area contributed by atoms with Crippen LogP contribution < -0.4 is 10.2 Å². The Morgan fingerprint density at radius 1 is 1.20 bits per heavy atom. The Labute approximate surface area is 237 Å². The quantitative estimate of drug-likeness (QED) is 0.355. The van der Waals surface area contributed by atoms with E-state index in [1.165, 1.54) is 11.0 Å². The molecule has 1 aromatic heterocycles. The van der Waals surface area contributed by atoms with E-state index in [9.17, 15) is 18.0 Å². The molecule has 0 bridgehead atoms. The summed E-state index contributed by atoms with van der Waals surface area (Å²) in [5, 5.41) is 20.8. The van der Waals surface area contributed by atoms with Crippen molar-refractivity contribution in [3.8, 4) is 17.5 Å². The normalized spacial score (nSPS) is 21.3. The maximum Gasteiger partial charge on any atom is 0.416 e. The number of alkyl halides is 3. The van der Waals surface area contributed by atoms with Gasteiger partial charge in [-0.05, 0) is 92.2 Å². The zero-order valence-corrected chi connectivity index (χ0v) is 23.3. The van der Waals surface area contributed by atoms with E-state index in [1.54, 1.807) is 23.0 Å². The van der Waals surface area contributed by atoms with Crippen molar-refractivity contribution < 1.29 is 18.0 Å². The number of carbonyl (C=O) groups is 1. The molecule has 1 aliphatic heterocycles. The number of aromatic nitrogens is 3.